The van der Waals surface area contributed by atoms with E-state index < -0.39 is 0 Å². The van der Waals surface area contributed by atoms with Gasteiger partial charge in [-0.15, -0.1) is 0 Å². The van der Waals surface area contributed by atoms with E-state index in [9.17, 15) is 9.18 Å². The Bertz CT molecular complexity index is 1370. The van der Waals surface area contributed by atoms with Gasteiger partial charge in [-0.25, -0.2) is 14.4 Å². The summed E-state index contributed by atoms with van der Waals surface area (Å²) >= 11 is 1.37. The minimum absolute atomic E-state index is 0.149. The molecule has 1 amide bonds. The van der Waals surface area contributed by atoms with Crippen molar-refractivity contribution in [2.24, 2.45) is 0 Å². The Hall–Kier alpha value is -3.52. The molecule has 0 aliphatic carbocycles. The second kappa shape index (κ2) is 8.44. The van der Waals surface area contributed by atoms with Gasteiger partial charge in [0.15, 0.2) is 5.13 Å². The summed E-state index contributed by atoms with van der Waals surface area (Å²) in [4.78, 5) is 21.9. The number of fused-ring (bicyclic) bond motifs is 2. The van der Waals surface area contributed by atoms with E-state index in [0.717, 1.165) is 38.4 Å². The highest BCUT2D eigenvalue weighted by atomic mass is 32.1. The molecule has 4 aromatic rings. The van der Waals surface area contributed by atoms with Crippen molar-refractivity contribution < 1.29 is 13.9 Å². The van der Waals surface area contributed by atoms with Crippen LogP contribution in [0, 0.1) is 12.7 Å². The van der Waals surface area contributed by atoms with Gasteiger partial charge in [0.1, 0.15) is 17.3 Å². The molecule has 0 spiro atoms. The number of rotatable bonds is 5. The molecule has 0 fully saturated rings. The van der Waals surface area contributed by atoms with E-state index in [1.807, 2.05) is 25.1 Å². The largest absolute Gasteiger partial charge is 0.490 e. The second-order valence-electron chi connectivity index (χ2n) is 8.30. The smallest absolute Gasteiger partial charge is 0.251 e. The van der Waals surface area contributed by atoms with E-state index in [1.54, 1.807) is 12.1 Å². The summed E-state index contributed by atoms with van der Waals surface area (Å²) in [6.07, 6.45) is 0.564. The Balaban J connectivity index is 1.35. The highest BCUT2D eigenvalue weighted by Gasteiger charge is 2.26. The fraction of sp³-hybridized carbons (Fsp3) is 0.240. The summed E-state index contributed by atoms with van der Waals surface area (Å²) in [6.45, 7) is 5.06. The van der Waals surface area contributed by atoms with Crippen LogP contribution >= 0.6 is 11.3 Å². The van der Waals surface area contributed by atoms with Crippen LogP contribution in [0.15, 0.2) is 42.5 Å². The van der Waals surface area contributed by atoms with Gasteiger partial charge in [-0.1, -0.05) is 18.3 Å². The van der Waals surface area contributed by atoms with Gasteiger partial charge in [-0.2, -0.15) is 0 Å². The molecule has 6 nitrogen and oxygen atoms in total. The lowest BCUT2D eigenvalue weighted by Gasteiger charge is -2.12. The molecule has 33 heavy (non-hydrogen) atoms. The first kappa shape index (κ1) is 21.3. The van der Waals surface area contributed by atoms with Crippen LogP contribution in [0.2, 0.25) is 0 Å². The number of carbonyl (C=O) groups is 1. The number of hydrogen-bond donors (Lipinski definition) is 2. The Morgan fingerprint density at radius 3 is 2.82 bits per heavy atom. The highest BCUT2D eigenvalue weighted by Crippen LogP contribution is 2.41. The van der Waals surface area contributed by atoms with Gasteiger partial charge >= 0.3 is 0 Å². The number of hydrogen-bond acceptors (Lipinski definition) is 6. The van der Waals surface area contributed by atoms with Crippen LogP contribution in [0.25, 0.3) is 21.5 Å². The summed E-state index contributed by atoms with van der Waals surface area (Å²) in [5.74, 6) is 0.563. The van der Waals surface area contributed by atoms with E-state index in [4.69, 9.17) is 15.5 Å². The van der Waals surface area contributed by atoms with E-state index in [0.29, 0.717) is 36.0 Å². The van der Waals surface area contributed by atoms with Crippen molar-refractivity contribution in [2.75, 3.05) is 18.9 Å². The molecule has 2 aromatic carbocycles. The third kappa shape index (κ3) is 4.14. The summed E-state index contributed by atoms with van der Waals surface area (Å²) in [6, 6.07) is 12.0. The third-order valence-electron chi connectivity index (χ3n) is 5.81. The number of anilines is 1. The van der Waals surface area contributed by atoms with Crippen LogP contribution in [-0.4, -0.2) is 29.0 Å². The number of thiazole rings is 1. The first-order valence-electron chi connectivity index (χ1n) is 10.8. The van der Waals surface area contributed by atoms with Gasteiger partial charge in [0, 0.05) is 41.3 Å². The summed E-state index contributed by atoms with van der Waals surface area (Å²) < 4.78 is 20.2. The number of halogens is 1. The Morgan fingerprint density at radius 1 is 1.24 bits per heavy atom. The van der Waals surface area contributed by atoms with Crippen LogP contribution in [-0.2, 0) is 6.42 Å². The van der Waals surface area contributed by atoms with Gasteiger partial charge < -0.3 is 15.8 Å². The topological polar surface area (TPSA) is 90.1 Å². The number of ether oxygens (including phenoxy) is 1. The van der Waals surface area contributed by atoms with Gasteiger partial charge in [0.2, 0.25) is 0 Å². The minimum Gasteiger partial charge on any atom is -0.490 e. The number of nitrogens with one attached hydrogen (secondary N) is 1. The Labute approximate surface area is 194 Å². The number of aromatic nitrogens is 2. The number of nitrogens with two attached hydrogens (primary N) is 1. The fourth-order valence-electron chi connectivity index (χ4n) is 4.11. The molecular formula is C25H23FN4O2S. The number of carbonyl (C=O) groups excluding carboxylic acids is 1. The predicted octanol–water partition coefficient (Wildman–Crippen LogP) is 4.86. The van der Waals surface area contributed by atoms with Crippen molar-refractivity contribution in [3.63, 3.8) is 0 Å². The quantitative estimate of drug-likeness (QED) is 0.442. The number of benzene rings is 2. The average molecular weight is 463 g/mol. The summed E-state index contributed by atoms with van der Waals surface area (Å²) in [5.41, 5.74) is 11.6. The molecule has 3 N–H and O–H groups in total. The molecule has 168 valence electrons. The molecule has 1 aliphatic heterocycles. The van der Waals surface area contributed by atoms with Gasteiger partial charge in [-0.05, 0) is 55.0 Å². The predicted molar refractivity (Wildman–Crippen MR) is 128 cm³/mol. The maximum atomic E-state index is 13.4. The van der Waals surface area contributed by atoms with E-state index in [2.05, 4.69) is 17.2 Å². The molecule has 3 heterocycles. The summed E-state index contributed by atoms with van der Waals surface area (Å²) in [5, 5.41) is 3.47. The molecule has 1 unspecified atom stereocenters. The average Bonchev–Trinajstić information content (AvgIpc) is 3.36. The Kier molecular flexibility index (Phi) is 5.46. The number of amides is 1. The molecule has 8 heteroatoms. The lowest BCUT2D eigenvalue weighted by Crippen LogP contribution is -2.26. The molecule has 0 bridgehead atoms. The lowest BCUT2D eigenvalue weighted by molar-refractivity contribution is 0.0954. The van der Waals surface area contributed by atoms with Crippen molar-refractivity contribution in [3.05, 3.63) is 70.7 Å². The second-order valence-corrected chi connectivity index (χ2v) is 9.36. The van der Waals surface area contributed by atoms with Crippen LogP contribution in [0.5, 0.6) is 5.75 Å². The Morgan fingerprint density at radius 2 is 2.03 bits per heavy atom. The SMILES string of the molecule is Cc1cc(C(=O)NCCc2cc3c(c(-c4ccc(F)cc4)n2)OCC3C)cc2sc(N)nc12. The van der Waals surface area contributed by atoms with Crippen LogP contribution in [0.4, 0.5) is 9.52 Å². The van der Waals surface area contributed by atoms with E-state index in [-0.39, 0.29) is 17.6 Å². The zero-order valence-corrected chi connectivity index (χ0v) is 19.1. The normalized spacial score (nSPS) is 14.8. The van der Waals surface area contributed by atoms with Crippen molar-refractivity contribution in [2.45, 2.75) is 26.2 Å². The number of pyridine rings is 1. The maximum Gasteiger partial charge on any atom is 0.251 e. The molecule has 1 aliphatic rings. The first-order chi connectivity index (χ1) is 15.9. The van der Waals surface area contributed by atoms with Gasteiger partial charge in [0.25, 0.3) is 5.91 Å². The molecule has 5 rings (SSSR count). The monoisotopic (exact) mass is 462 g/mol. The van der Waals surface area contributed by atoms with Crippen LogP contribution < -0.4 is 15.8 Å². The first-order valence-corrected chi connectivity index (χ1v) is 11.6. The molecule has 1 atom stereocenters. The molecule has 0 radical (unpaired) electrons. The minimum atomic E-state index is -0.294. The van der Waals surface area contributed by atoms with Crippen LogP contribution in [0.3, 0.4) is 0 Å². The number of aryl methyl sites for hydroxylation is 1. The van der Waals surface area contributed by atoms with Gasteiger partial charge in [-0.3, -0.25) is 4.79 Å². The molecular weight excluding hydrogens is 439 g/mol. The molecule has 2 aromatic heterocycles. The van der Waals surface area contributed by atoms with Crippen LogP contribution in [0.1, 0.15) is 40.0 Å². The lowest BCUT2D eigenvalue weighted by atomic mass is 9.99. The standard InChI is InChI=1S/C25H23FN4O2S/c1-13-9-16(10-20-21(13)30-25(27)33-20)24(31)28-8-7-18-11-19-14(2)12-32-23(19)22(29-18)15-3-5-17(26)6-4-15/h3-6,9-11,14H,7-8,12H2,1-2H3,(H2,27,30)(H,28,31). The molecule has 0 saturated carbocycles. The highest BCUT2D eigenvalue weighted by molar-refractivity contribution is 7.22. The number of nitrogen functional groups attached to an aromatic ring is 1. The van der Waals surface area contributed by atoms with Crippen molar-refractivity contribution in [1.82, 2.24) is 15.3 Å². The summed E-state index contributed by atoms with van der Waals surface area (Å²) in [7, 11) is 0. The van der Waals surface area contributed by atoms with Crippen molar-refractivity contribution in [3.8, 4) is 17.0 Å². The fourth-order valence-corrected chi connectivity index (χ4v) is 4.96. The zero-order chi connectivity index (χ0) is 23.1. The third-order valence-corrected chi connectivity index (χ3v) is 6.64. The zero-order valence-electron chi connectivity index (χ0n) is 18.3. The van der Waals surface area contributed by atoms with E-state index in [1.165, 1.54) is 23.5 Å². The van der Waals surface area contributed by atoms with Crippen molar-refractivity contribution >= 4 is 32.6 Å². The van der Waals surface area contributed by atoms with Gasteiger partial charge in [0.05, 0.1) is 16.8 Å². The number of nitrogens with zero attached hydrogens (tertiary/aromatic N) is 2. The van der Waals surface area contributed by atoms with E-state index >= 15 is 0 Å². The van der Waals surface area contributed by atoms with Crippen molar-refractivity contribution in [1.29, 1.82) is 0 Å². The molecule has 0 saturated heterocycles. The maximum absolute atomic E-state index is 13.4.